The van der Waals surface area contributed by atoms with Crippen molar-refractivity contribution in [3.63, 3.8) is 0 Å². The van der Waals surface area contributed by atoms with Gasteiger partial charge in [-0.15, -0.1) is 0 Å². The molecule has 0 saturated heterocycles. The first kappa shape index (κ1) is 13.7. The van der Waals surface area contributed by atoms with Gasteiger partial charge >= 0.3 is 0 Å². The van der Waals surface area contributed by atoms with Crippen LogP contribution in [0.15, 0.2) is 17.2 Å². The Labute approximate surface area is 108 Å². The van der Waals surface area contributed by atoms with E-state index in [1.165, 1.54) is 5.56 Å². The maximum Gasteiger partial charge on any atom is 0.237 e. The van der Waals surface area contributed by atoms with Gasteiger partial charge in [0.1, 0.15) is 12.1 Å². The minimum atomic E-state index is -0.167. The van der Waals surface area contributed by atoms with E-state index in [1.54, 1.807) is 12.1 Å². The lowest BCUT2D eigenvalue weighted by molar-refractivity contribution is 1.06. The number of hydrogen-bond acceptors (Lipinski definition) is 4. The van der Waals surface area contributed by atoms with Crippen LogP contribution in [0.2, 0.25) is 0 Å². The molecular formula is C14H16N4. The summed E-state index contributed by atoms with van der Waals surface area (Å²) in [6.45, 7) is 6.19. The molecule has 0 amide bonds. The Morgan fingerprint density at radius 1 is 1.17 bits per heavy atom. The average Bonchev–Trinajstić information content (AvgIpc) is 2.40. The number of aryl methyl sites for hydroxylation is 3. The van der Waals surface area contributed by atoms with Gasteiger partial charge in [-0.05, 0) is 30.9 Å². The van der Waals surface area contributed by atoms with Gasteiger partial charge in [-0.2, -0.15) is 15.6 Å². The van der Waals surface area contributed by atoms with Gasteiger partial charge in [-0.3, -0.25) is 5.43 Å². The number of anilines is 1. The monoisotopic (exact) mass is 240 g/mol. The van der Waals surface area contributed by atoms with Crippen molar-refractivity contribution in [2.75, 3.05) is 5.43 Å². The van der Waals surface area contributed by atoms with Crippen LogP contribution in [0.25, 0.3) is 0 Å². The first-order chi connectivity index (χ1) is 8.65. The zero-order valence-corrected chi connectivity index (χ0v) is 10.9. The quantitative estimate of drug-likeness (QED) is 0.649. The first-order valence-electron chi connectivity index (χ1n) is 5.92. The van der Waals surface area contributed by atoms with Gasteiger partial charge in [-0.25, -0.2) is 0 Å². The van der Waals surface area contributed by atoms with Gasteiger partial charge < -0.3 is 0 Å². The highest BCUT2D eigenvalue weighted by Gasteiger charge is 2.07. The summed E-state index contributed by atoms with van der Waals surface area (Å²) in [5.74, 6) is 0. The minimum Gasteiger partial charge on any atom is -0.276 e. The Hall–Kier alpha value is -2.33. The van der Waals surface area contributed by atoms with Crippen LogP contribution in [0.1, 0.15) is 30.5 Å². The molecule has 0 unspecified atom stereocenters. The molecule has 1 N–H and O–H groups in total. The molecule has 0 saturated carbocycles. The van der Waals surface area contributed by atoms with Crippen LogP contribution in [-0.2, 0) is 12.8 Å². The van der Waals surface area contributed by atoms with E-state index < -0.39 is 0 Å². The zero-order chi connectivity index (χ0) is 13.5. The molecule has 0 aliphatic heterocycles. The Balaban J connectivity index is 3.19. The predicted octanol–water partition coefficient (Wildman–Crippen LogP) is 2.93. The molecule has 0 spiro atoms. The van der Waals surface area contributed by atoms with Gasteiger partial charge in [0, 0.05) is 0 Å². The van der Waals surface area contributed by atoms with Crippen LogP contribution in [0, 0.1) is 29.6 Å². The van der Waals surface area contributed by atoms with Crippen LogP contribution in [0.5, 0.6) is 0 Å². The van der Waals surface area contributed by atoms with Gasteiger partial charge in [0.05, 0.1) is 5.69 Å². The van der Waals surface area contributed by atoms with Crippen molar-refractivity contribution in [2.24, 2.45) is 5.10 Å². The van der Waals surface area contributed by atoms with Crippen LogP contribution in [-0.4, -0.2) is 5.71 Å². The highest BCUT2D eigenvalue weighted by molar-refractivity contribution is 6.10. The van der Waals surface area contributed by atoms with Crippen molar-refractivity contribution < 1.29 is 0 Å². The molecular weight excluding hydrogens is 224 g/mol. The summed E-state index contributed by atoms with van der Waals surface area (Å²) in [5, 5.41) is 21.1. The Bertz CT molecular complexity index is 503. The lowest BCUT2D eigenvalue weighted by Gasteiger charge is -2.13. The van der Waals surface area contributed by atoms with Crippen molar-refractivity contribution in [2.45, 2.75) is 33.6 Å². The van der Waals surface area contributed by atoms with Crippen molar-refractivity contribution in [1.82, 2.24) is 0 Å². The fraction of sp³-hybridized carbons (Fsp3) is 0.357. The number of benzene rings is 1. The number of hydrazone groups is 1. The molecule has 0 aromatic heterocycles. The molecule has 0 atom stereocenters. The molecule has 0 heterocycles. The molecule has 0 fully saturated rings. The summed E-state index contributed by atoms with van der Waals surface area (Å²) in [7, 11) is 0. The molecule has 4 nitrogen and oxygen atoms in total. The third kappa shape index (κ3) is 3.09. The number of rotatable bonds is 4. The second-order valence-electron chi connectivity index (χ2n) is 3.96. The smallest absolute Gasteiger partial charge is 0.237 e. The number of nitriles is 2. The average molecular weight is 240 g/mol. The molecule has 0 radical (unpaired) electrons. The van der Waals surface area contributed by atoms with E-state index in [0.717, 1.165) is 29.7 Å². The molecule has 18 heavy (non-hydrogen) atoms. The van der Waals surface area contributed by atoms with Crippen molar-refractivity contribution in [1.29, 1.82) is 10.5 Å². The highest BCUT2D eigenvalue weighted by atomic mass is 15.3. The van der Waals surface area contributed by atoms with Crippen LogP contribution in [0.3, 0.4) is 0 Å². The summed E-state index contributed by atoms with van der Waals surface area (Å²) in [5.41, 5.74) is 7.10. The predicted molar refractivity (Wildman–Crippen MR) is 72.2 cm³/mol. The molecule has 92 valence electrons. The second kappa shape index (κ2) is 6.42. The van der Waals surface area contributed by atoms with E-state index in [-0.39, 0.29) is 5.71 Å². The summed E-state index contributed by atoms with van der Waals surface area (Å²) in [4.78, 5) is 0. The summed E-state index contributed by atoms with van der Waals surface area (Å²) >= 11 is 0. The molecule has 1 rings (SSSR count). The summed E-state index contributed by atoms with van der Waals surface area (Å²) in [6, 6.07) is 7.65. The van der Waals surface area contributed by atoms with Gasteiger partial charge in [-0.1, -0.05) is 31.5 Å². The van der Waals surface area contributed by atoms with Crippen LogP contribution in [0.4, 0.5) is 5.69 Å². The normalized spacial score (nSPS) is 9.17. The number of nitrogens with zero attached hydrogens (tertiary/aromatic N) is 3. The lowest BCUT2D eigenvalue weighted by atomic mass is 10.00. The summed E-state index contributed by atoms with van der Waals surface area (Å²) < 4.78 is 0. The fourth-order valence-electron chi connectivity index (χ4n) is 1.83. The van der Waals surface area contributed by atoms with E-state index in [0.29, 0.717) is 0 Å². The summed E-state index contributed by atoms with van der Waals surface area (Å²) in [6.07, 6.45) is 1.75. The number of nitrogens with one attached hydrogen (secondary N) is 1. The Morgan fingerprint density at radius 3 is 2.06 bits per heavy atom. The molecule has 0 bridgehead atoms. The van der Waals surface area contributed by atoms with Crippen molar-refractivity contribution in [3.05, 3.63) is 28.8 Å². The third-order valence-electron chi connectivity index (χ3n) is 2.70. The Morgan fingerprint density at radius 2 is 1.67 bits per heavy atom. The molecule has 1 aromatic rings. The van der Waals surface area contributed by atoms with E-state index in [2.05, 4.69) is 43.4 Å². The van der Waals surface area contributed by atoms with Gasteiger partial charge in [0.25, 0.3) is 0 Å². The van der Waals surface area contributed by atoms with Gasteiger partial charge in [0.2, 0.25) is 5.71 Å². The molecule has 0 aliphatic carbocycles. The van der Waals surface area contributed by atoms with E-state index in [1.807, 2.05) is 0 Å². The molecule has 4 heteroatoms. The van der Waals surface area contributed by atoms with E-state index in [9.17, 15) is 0 Å². The standard InChI is InChI=1S/C14H16N4/c1-4-11-6-10(3)7-12(5-2)14(11)18-17-13(8-15)9-16/h6-7,18H,4-5H2,1-3H3. The topological polar surface area (TPSA) is 72.0 Å². The van der Waals surface area contributed by atoms with Crippen LogP contribution < -0.4 is 5.43 Å². The maximum atomic E-state index is 8.66. The Kier molecular flexibility index (Phi) is 4.90. The largest absolute Gasteiger partial charge is 0.276 e. The highest BCUT2D eigenvalue weighted by Crippen LogP contribution is 2.24. The van der Waals surface area contributed by atoms with Crippen LogP contribution >= 0.6 is 0 Å². The van der Waals surface area contributed by atoms with E-state index in [4.69, 9.17) is 10.5 Å². The fourth-order valence-corrected chi connectivity index (χ4v) is 1.83. The minimum absolute atomic E-state index is 0.167. The van der Waals surface area contributed by atoms with E-state index >= 15 is 0 Å². The second-order valence-corrected chi connectivity index (χ2v) is 3.96. The molecule has 1 aromatic carbocycles. The zero-order valence-electron chi connectivity index (χ0n) is 10.9. The first-order valence-corrected chi connectivity index (χ1v) is 5.92. The lowest BCUT2D eigenvalue weighted by Crippen LogP contribution is -2.03. The van der Waals surface area contributed by atoms with Crippen molar-refractivity contribution in [3.8, 4) is 12.1 Å². The number of hydrogen-bond donors (Lipinski definition) is 1. The third-order valence-corrected chi connectivity index (χ3v) is 2.70. The molecule has 0 aliphatic rings. The van der Waals surface area contributed by atoms with Crippen molar-refractivity contribution >= 4 is 11.4 Å². The van der Waals surface area contributed by atoms with Gasteiger partial charge in [0.15, 0.2) is 0 Å². The SMILES string of the molecule is CCc1cc(C)cc(CC)c1NN=C(C#N)C#N. The maximum absolute atomic E-state index is 8.66.